The minimum Gasteiger partial charge on any atom is -0.431 e. The lowest BCUT2D eigenvalue weighted by Crippen LogP contribution is -2.16. The normalized spacial score (nSPS) is 27.9. The van der Waals surface area contributed by atoms with Crippen LogP contribution in [0.5, 0.6) is 0 Å². The van der Waals surface area contributed by atoms with Crippen molar-refractivity contribution in [2.24, 2.45) is 5.92 Å². The predicted molar refractivity (Wildman–Crippen MR) is 33.6 cm³/mol. The summed E-state index contributed by atoms with van der Waals surface area (Å²) in [5.74, 6) is 0.826. The van der Waals surface area contributed by atoms with Crippen molar-refractivity contribution in [1.29, 1.82) is 0 Å². The number of allylic oxidation sites excluding steroid dienone is 1. The van der Waals surface area contributed by atoms with Gasteiger partial charge in [0.2, 0.25) is 0 Å². The van der Waals surface area contributed by atoms with E-state index in [1.165, 1.54) is 0 Å². The lowest BCUT2D eigenvalue weighted by molar-refractivity contribution is -0.143. The van der Waals surface area contributed by atoms with Crippen molar-refractivity contribution >= 4 is 5.97 Å². The lowest BCUT2D eigenvalue weighted by Gasteiger charge is -2.19. The minimum atomic E-state index is -0.141. The highest BCUT2D eigenvalue weighted by Crippen LogP contribution is 2.22. The van der Waals surface area contributed by atoms with E-state index in [0.717, 1.165) is 6.42 Å². The molecule has 1 aliphatic heterocycles. The van der Waals surface area contributed by atoms with E-state index in [-0.39, 0.29) is 5.97 Å². The third-order valence-corrected chi connectivity index (χ3v) is 1.58. The van der Waals surface area contributed by atoms with Gasteiger partial charge in [-0.15, -0.1) is 0 Å². The van der Waals surface area contributed by atoms with E-state index in [9.17, 15) is 4.79 Å². The summed E-state index contributed by atoms with van der Waals surface area (Å²) >= 11 is 0. The molecule has 1 atom stereocenters. The van der Waals surface area contributed by atoms with Gasteiger partial charge in [0, 0.05) is 12.3 Å². The largest absolute Gasteiger partial charge is 0.431 e. The van der Waals surface area contributed by atoms with Gasteiger partial charge in [-0.2, -0.15) is 0 Å². The van der Waals surface area contributed by atoms with Gasteiger partial charge in [-0.05, 0) is 6.42 Å². The molecule has 2 heteroatoms. The fraction of sp³-hybridized carbons (Fsp3) is 0.571. The van der Waals surface area contributed by atoms with Gasteiger partial charge >= 0.3 is 5.97 Å². The van der Waals surface area contributed by atoms with Gasteiger partial charge in [-0.3, -0.25) is 4.79 Å². The van der Waals surface area contributed by atoms with Crippen molar-refractivity contribution in [1.82, 2.24) is 0 Å². The number of ether oxygens (including phenoxy) is 1. The topological polar surface area (TPSA) is 26.3 Å². The van der Waals surface area contributed by atoms with Crippen molar-refractivity contribution in [3.8, 4) is 0 Å². The van der Waals surface area contributed by atoms with Crippen LogP contribution in [0.2, 0.25) is 0 Å². The molecule has 0 radical (unpaired) electrons. The van der Waals surface area contributed by atoms with Crippen LogP contribution in [-0.4, -0.2) is 5.97 Å². The summed E-state index contributed by atoms with van der Waals surface area (Å²) in [5, 5.41) is 0. The molecule has 1 saturated heterocycles. The van der Waals surface area contributed by atoms with Crippen LogP contribution in [0.1, 0.15) is 19.8 Å². The minimum absolute atomic E-state index is 0.141. The first-order chi connectivity index (χ1) is 4.20. The van der Waals surface area contributed by atoms with Crippen molar-refractivity contribution in [2.75, 3.05) is 0 Å². The first-order valence-corrected chi connectivity index (χ1v) is 3.09. The van der Waals surface area contributed by atoms with Crippen LogP contribution in [0.15, 0.2) is 12.3 Å². The van der Waals surface area contributed by atoms with Crippen LogP contribution in [0.4, 0.5) is 0 Å². The van der Waals surface area contributed by atoms with E-state index in [1.807, 2.05) is 6.92 Å². The summed E-state index contributed by atoms with van der Waals surface area (Å²) in [7, 11) is 0. The van der Waals surface area contributed by atoms with E-state index in [1.54, 1.807) is 0 Å². The molecule has 0 saturated carbocycles. The predicted octanol–water partition coefficient (Wildman–Crippen LogP) is 1.47. The second kappa shape index (κ2) is 2.21. The summed E-state index contributed by atoms with van der Waals surface area (Å²) < 4.78 is 4.77. The third-order valence-electron chi connectivity index (χ3n) is 1.58. The van der Waals surface area contributed by atoms with Gasteiger partial charge in [0.05, 0.1) is 0 Å². The Morgan fingerprint density at radius 1 is 1.78 bits per heavy atom. The highest BCUT2D eigenvalue weighted by atomic mass is 16.5. The van der Waals surface area contributed by atoms with Crippen LogP contribution in [0, 0.1) is 5.92 Å². The molecule has 0 aromatic heterocycles. The Hall–Kier alpha value is -0.790. The van der Waals surface area contributed by atoms with Gasteiger partial charge in [0.25, 0.3) is 0 Å². The number of carbonyl (C=O) groups excluding carboxylic acids is 1. The van der Waals surface area contributed by atoms with Crippen LogP contribution in [0.25, 0.3) is 0 Å². The molecule has 0 bridgehead atoms. The van der Waals surface area contributed by atoms with Gasteiger partial charge in [-0.1, -0.05) is 13.5 Å². The Morgan fingerprint density at radius 2 is 2.44 bits per heavy atom. The molecule has 2 nitrogen and oxygen atoms in total. The first-order valence-electron chi connectivity index (χ1n) is 3.09. The number of cyclic esters (lactones) is 1. The molecule has 0 amide bonds. The van der Waals surface area contributed by atoms with Crippen LogP contribution >= 0.6 is 0 Å². The summed E-state index contributed by atoms with van der Waals surface area (Å²) in [6, 6.07) is 0. The summed E-state index contributed by atoms with van der Waals surface area (Å²) in [5.41, 5.74) is 0. The average Bonchev–Trinajstić information content (AvgIpc) is 1.80. The maximum absolute atomic E-state index is 10.5. The molecular weight excluding hydrogens is 116 g/mol. The second-order valence-corrected chi connectivity index (χ2v) is 2.38. The summed E-state index contributed by atoms with van der Waals surface area (Å²) in [6.07, 6.45) is 1.43. The van der Waals surface area contributed by atoms with E-state index in [2.05, 4.69) is 6.58 Å². The summed E-state index contributed by atoms with van der Waals surface area (Å²) in [6.45, 7) is 5.61. The van der Waals surface area contributed by atoms with Gasteiger partial charge in [-0.25, -0.2) is 0 Å². The Bertz CT molecular complexity index is 149. The van der Waals surface area contributed by atoms with Gasteiger partial charge < -0.3 is 4.74 Å². The molecule has 1 aliphatic rings. The molecule has 50 valence electrons. The Balaban J connectivity index is 2.54. The van der Waals surface area contributed by atoms with Crippen LogP contribution < -0.4 is 0 Å². The van der Waals surface area contributed by atoms with Crippen molar-refractivity contribution in [3.63, 3.8) is 0 Å². The monoisotopic (exact) mass is 126 g/mol. The fourth-order valence-corrected chi connectivity index (χ4v) is 0.793. The van der Waals surface area contributed by atoms with Crippen molar-refractivity contribution in [2.45, 2.75) is 19.8 Å². The Morgan fingerprint density at radius 3 is 2.89 bits per heavy atom. The van der Waals surface area contributed by atoms with Crippen LogP contribution in [0.3, 0.4) is 0 Å². The highest BCUT2D eigenvalue weighted by Gasteiger charge is 2.19. The van der Waals surface area contributed by atoms with E-state index >= 15 is 0 Å². The quantitative estimate of drug-likeness (QED) is 0.459. The van der Waals surface area contributed by atoms with Gasteiger partial charge in [0.1, 0.15) is 5.76 Å². The molecule has 0 N–H and O–H groups in total. The molecule has 0 aliphatic carbocycles. The number of esters is 1. The molecule has 1 fully saturated rings. The molecule has 0 aromatic carbocycles. The zero-order valence-corrected chi connectivity index (χ0v) is 5.52. The number of hydrogen-bond acceptors (Lipinski definition) is 2. The smallest absolute Gasteiger partial charge is 0.310 e. The number of rotatable bonds is 0. The van der Waals surface area contributed by atoms with Crippen molar-refractivity contribution < 1.29 is 9.53 Å². The highest BCUT2D eigenvalue weighted by molar-refractivity contribution is 5.71. The number of carbonyl (C=O) groups is 1. The molecule has 0 aromatic rings. The molecule has 9 heavy (non-hydrogen) atoms. The molecule has 0 spiro atoms. The Labute approximate surface area is 54.5 Å². The van der Waals surface area contributed by atoms with Gasteiger partial charge in [0.15, 0.2) is 0 Å². The van der Waals surface area contributed by atoms with E-state index < -0.39 is 0 Å². The van der Waals surface area contributed by atoms with E-state index in [0.29, 0.717) is 18.1 Å². The standard InChI is InChI=1S/C7H10O2/c1-5-3-4-7(8)9-6(5)2/h5H,2-4H2,1H3. The zero-order valence-electron chi connectivity index (χ0n) is 5.52. The average molecular weight is 126 g/mol. The summed E-state index contributed by atoms with van der Waals surface area (Å²) in [4.78, 5) is 10.5. The van der Waals surface area contributed by atoms with E-state index in [4.69, 9.17) is 4.74 Å². The maximum atomic E-state index is 10.5. The van der Waals surface area contributed by atoms with Crippen molar-refractivity contribution in [3.05, 3.63) is 12.3 Å². The molecule has 1 heterocycles. The molecule has 1 rings (SSSR count). The number of hydrogen-bond donors (Lipinski definition) is 0. The molecular formula is C7H10O2. The third kappa shape index (κ3) is 1.31. The first kappa shape index (κ1) is 6.33. The SMILES string of the molecule is C=C1OC(=O)CCC1C. The Kier molecular flexibility index (Phi) is 1.56. The molecule has 1 unspecified atom stereocenters. The van der Waals surface area contributed by atoms with Crippen LogP contribution in [-0.2, 0) is 9.53 Å². The zero-order chi connectivity index (χ0) is 6.85. The fourth-order valence-electron chi connectivity index (χ4n) is 0.793. The second-order valence-electron chi connectivity index (χ2n) is 2.38. The lowest BCUT2D eigenvalue weighted by atomic mass is 10.0. The maximum Gasteiger partial charge on any atom is 0.310 e.